The van der Waals surface area contributed by atoms with Crippen molar-refractivity contribution in [2.45, 2.75) is 24.6 Å². The number of ether oxygens (including phenoxy) is 1. The first-order chi connectivity index (χ1) is 12.0. The molecule has 1 atom stereocenters. The summed E-state index contributed by atoms with van der Waals surface area (Å²) in [6, 6.07) is 5.98. The van der Waals surface area contributed by atoms with E-state index in [0.717, 1.165) is 30.6 Å². The second-order valence-electron chi connectivity index (χ2n) is 6.56. The van der Waals surface area contributed by atoms with Crippen molar-refractivity contribution in [2.24, 2.45) is 0 Å². The molecule has 3 rings (SSSR count). The highest BCUT2D eigenvalue weighted by molar-refractivity contribution is 7.89. The number of methoxy groups -OCH3 is 1. The molecule has 0 radical (unpaired) electrons. The summed E-state index contributed by atoms with van der Waals surface area (Å²) in [6.07, 6.45) is 5.40. The molecule has 0 saturated carbocycles. The quantitative estimate of drug-likeness (QED) is 0.737. The van der Waals surface area contributed by atoms with Gasteiger partial charge in [-0.05, 0) is 31.5 Å². The molecule has 0 aliphatic carbocycles. The molecule has 2 aromatic rings. The average molecular weight is 366 g/mol. The van der Waals surface area contributed by atoms with Gasteiger partial charge in [-0.2, -0.15) is 5.10 Å². The van der Waals surface area contributed by atoms with E-state index in [0.29, 0.717) is 26.1 Å². The molecule has 7 nitrogen and oxygen atoms in total. The third-order valence-corrected chi connectivity index (χ3v) is 7.11. The van der Waals surface area contributed by atoms with Crippen LogP contribution in [0.2, 0.25) is 0 Å². The molecule has 8 heteroatoms. The second-order valence-corrected chi connectivity index (χ2v) is 8.88. The lowest BCUT2D eigenvalue weighted by molar-refractivity contribution is 0.182. The number of hydrogen-bond acceptors (Lipinski definition) is 5. The first kappa shape index (κ1) is 18.3. The van der Waals surface area contributed by atoms with Gasteiger partial charge in [0.25, 0.3) is 0 Å². The van der Waals surface area contributed by atoms with Gasteiger partial charge in [0.15, 0.2) is 0 Å². The third-order valence-electron chi connectivity index (χ3n) is 4.83. The Morgan fingerprint density at radius 2 is 2.24 bits per heavy atom. The predicted octanol–water partition coefficient (Wildman–Crippen LogP) is 1.21. The van der Waals surface area contributed by atoms with E-state index >= 15 is 0 Å². The second kappa shape index (κ2) is 7.82. The molecule has 1 aliphatic heterocycles. The van der Waals surface area contributed by atoms with E-state index in [4.69, 9.17) is 4.74 Å². The van der Waals surface area contributed by atoms with Gasteiger partial charge >= 0.3 is 0 Å². The molecule has 1 aliphatic rings. The van der Waals surface area contributed by atoms with Crippen LogP contribution in [0.5, 0.6) is 0 Å². The summed E-state index contributed by atoms with van der Waals surface area (Å²) in [7, 11) is -0.0779. The molecule has 138 valence electrons. The number of aromatic nitrogens is 2. The number of hydrogen-bond donors (Lipinski definition) is 0. The van der Waals surface area contributed by atoms with Gasteiger partial charge in [0.05, 0.1) is 23.6 Å². The number of rotatable bonds is 7. The molecule has 1 fully saturated rings. The van der Waals surface area contributed by atoms with E-state index in [1.807, 2.05) is 35.1 Å². The fraction of sp³-hybridized carbons (Fsp3) is 0.588. The highest BCUT2D eigenvalue weighted by Crippen LogP contribution is 2.22. The van der Waals surface area contributed by atoms with Gasteiger partial charge in [-0.3, -0.25) is 4.90 Å². The van der Waals surface area contributed by atoms with E-state index in [1.54, 1.807) is 14.2 Å². The molecular formula is C17H26N4O3S. The molecule has 0 amide bonds. The van der Waals surface area contributed by atoms with Crippen molar-refractivity contribution in [3.63, 3.8) is 0 Å². The van der Waals surface area contributed by atoms with Gasteiger partial charge in [-0.1, -0.05) is 6.07 Å². The van der Waals surface area contributed by atoms with Crippen LogP contribution in [0.15, 0.2) is 30.6 Å². The first-order valence-electron chi connectivity index (χ1n) is 8.60. The van der Waals surface area contributed by atoms with Crippen molar-refractivity contribution in [3.05, 3.63) is 36.2 Å². The smallest absolute Gasteiger partial charge is 0.218 e. The summed E-state index contributed by atoms with van der Waals surface area (Å²) in [5.41, 5.74) is 2.20. The van der Waals surface area contributed by atoms with Crippen molar-refractivity contribution >= 4 is 15.5 Å². The topological polar surface area (TPSA) is 67.2 Å². The van der Waals surface area contributed by atoms with Crippen LogP contribution in [0.3, 0.4) is 0 Å². The summed E-state index contributed by atoms with van der Waals surface area (Å²) in [5, 5.41) is 4.01. The SMILES string of the molecule is COCCN(C)S(=O)(=O)C1CCCN(Cc2cnn3ccccc23)C1. The van der Waals surface area contributed by atoms with Gasteiger partial charge < -0.3 is 4.74 Å². The van der Waals surface area contributed by atoms with Crippen LogP contribution in [0.4, 0.5) is 0 Å². The van der Waals surface area contributed by atoms with E-state index < -0.39 is 10.0 Å². The molecule has 0 N–H and O–H groups in total. The molecule has 0 bridgehead atoms. The van der Waals surface area contributed by atoms with Crippen molar-refractivity contribution in [2.75, 3.05) is 40.4 Å². The Bertz CT molecular complexity index is 805. The zero-order valence-corrected chi connectivity index (χ0v) is 15.7. The number of nitrogens with zero attached hydrogens (tertiary/aromatic N) is 4. The van der Waals surface area contributed by atoms with E-state index in [9.17, 15) is 8.42 Å². The normalized spacial score (nSPS) is 19.7. The Balaban J connectivity index is 1.69. The number of likely N-dealkylation sites (tertiary alicyclic amines) is 1. The third kappa shape index (κ3) is 4.03. The van der Waals surface area contributed by atoms with Crippen LogP contribution in [0.25, 0.3) is 5.52 Å². The Hall–Kier alpha value is -1.48. The standard InChI is InChI=1S/C17H26N4O3S/c1-19(10-11-24-2)25(22,23)16-6-5-8-20(14-16)13-15-12-18-21-9-4-3-7-17(15)21/h3-4,7,9,12,16H,5-6,8,10-11,13-14H2,1-2H3. The van der Waals surface area contributed by atoms with Crippen molar-refractivity contribution in [1.82, 2.24) is 18.8 Å². The monoisotopic (exact) mass is 366 g/mol. The Morgan fingerprint density at radius 1 is 1.40 bits per heavy atom. The number of fused-ring (bicyclic) bond motifs is 1. The fourth-order valence-corrected chi connectivity index (χ4v) is 5.05. The summed E-state index contributed by atoms with van der Waals surface area (Å²) in [6.45, 7) is 3.00. The van der Waals surface area contributed by atoms with Crippen molar-refractivity contribution in [1.29, 1.82) is 0 Å². The predicted molar refractivity (Wildman–Crippen MR) is 96.9 cm³/mol. The minimum Gasteiger partial charge on any atom is -0.383 e. The summed E-state index contributed by atoms with van der Waals surface area (Å²) in [4.78, 5) is 2.22. The van der Waals surface area contributed by atoms with E-state index in [2.05, 4.69) is 10.00 Å². The maximum Gasteiger partial charge on any atom is 0.218 e. The van der Waals surface area contributed by atoms with Crippen LogP contribution < -0.4 is 0 Å². The molecule has 3 heterocycles. The van der Waals surface area contributed by atoms with Gasteiger partial charge in [-0.25, -0.2) is 17.2 Å². The van der Waals surface area contributed by atoms with E-state index in [1.165, 1.54) is 4.31 Å². The molecule has 2 aromatic heterocycles. The molecular weight excluding hydrogens is 340 g/mol. The van der Waals surface area contributed by atoms with Gasteiger partial charge in [0, 0.05) is 45.6 Å². The number of piperidine rings is 1. The lowest BCUT2D eigenvalue weighted by Gasteiger charge is -2.34. The number of pyridine rings is 1. The van der Waals surface area contributed by atoms with Crippen molar-refractivity contribution < 1.29 is 13.2 Å². The number of sulfonamides is 1. The Labute approximate surface area is 149 Å². The maximum absolute atomic E-state index is 12.8. The molecule has 1 unspecified atom stereocenters. The van der Waals surface area contributed by atoms with Gasteiger partial charge in [0.2, 0.25) is 10.0 Å². The lowest BCUT2D eigenvalue weighted by Crippen LogP contribution is -2.47. The molecule has 0 aromatic carbocycles. The number of likely N-dealkylation sites (N-methyl/N-ethyl adjacent to an activating group) is 1. The van der Waals surface area contributed by atoms with E-state index in [-0.39, 0.29) is 5.25 Å². The first-order valence-corrected chi connectivity index (χ1v) is 10.1. The minimum absolute atomic E-state index is 0.357. The Morgan fingerprint density at radius 3 is 3.04 bits per heavy atom. The molecule has 0 spiro atoms. The fourth-order valence-electron chi connectivity index (χ4n) is 3.35. The Kier molecular flexibility index (Phi) is 5.73. The van der Waals surface area contributed by atoms with Crippen LogP contribution in [-0.2, 0) is 21.3 Å². The lowest BCUT2D eigenvalue weighted by atomic mass is 10.1. The summed E-state index contributed by atoms with van der Waals surface area (Å²) in [5.74, 6) is 0. The van der Waals surface area contributed by atoms with Crippen LogP contribution in [0, 0.1) is 0 Å². The molecule has 1 saturated heterocycles. The van der Waals surface area contributed by atoms with Crippen LogP contribution in [-0.4, -0.2) is 72.9 Å². The van der Waals surface area contributed by atoms with Gasteiger partial charge in [-0.15, -0.1) is 0 Å². The molecule has 25 heavy (non-hydrogen) atoms. The zero-order chi connectivity index (χ0) is 17.9. The van der Waals surface area contributed by atoms with Crippen LogP contribution in [0.1, 0.15) is 18.4 Å². The average Bonchev–Trinajstić information content (AvgIpc) is 3.03. The summed E-state index contributed by atoms with van der Waals surface area (Å²) < 4.78 is 33.8. The van der Waals surface area contributed by atoms with Crippen LogP contribution >= 0.6 is 0 Å². The minimum atomic E-state index is -3.30. The zero-order valence-electron chi connectivity index (χ0n) is 14.8. The van der Waals surface area contributed by atoms with Gasteiger partial charge in [0.1, 0.15) is 0 Å². The van der Waals surface area contributed by atoms with Crippen molar-refractivity contribution in [3.8, 4) is 0 Å². The summed E-state index contributed by atoms with van der Waals surface area (Å²) >= 11 is 0. The largest absolute Gasteiger partial charge is 0.383 e. The maximum atomic E-state index is 12.8. The highest BCUT2D eigenvalue weighted by Gasteiger charge is 2.33. The highest BCUT2D eigenvalue weighted by atomic mass is 32.2.